The van der Waals surface area contributed by atoms with Gasteiger partial charge in [-0.25, -0.2) is 18.1 Å². The Hall–Kier alpha value is -3.04. The molecular formula is C22H25N5O3S. The molecule has 31 heavy (non-hydrogen) atoms. The van der Waals surface area contributed by atoms with Crippen molar-refractivity contribution in [2.24, 2.45) is 0 Å². The number of amides is 1. The number of piperazine rings is 1. The summed E-state index contributed by atoms with van der Waals surface area (Å²) in [5, 5.41) is 4.08. The predicted molar refractivity (Wildman–Crippen MR) is 116 cm³/mol. The van der Waals surface area contributed by atoms with Gasteiger partial charge in [0.1, 0.15) is 12.7 Å². The molecule has 0 bridgehead atoms. The molecular weight excluding hydrogens is 414 g/mol. The van der Waals surface area contributed by atoms with Crippen molar-refractivity contribution in [2.75, 3.05) is 26.2 Å². The number of sulfonamides is 1. The van der Waals surface area contributed by atoms with E-state index in [4.69, 9.17) is 0 Å². The van der Waals surface area contributed by atoms with E-state index in [1.165, 1.54) is 10.6 Å². The minimum atomic E-state index is -3.56. The fourth-order valence-electron chi connectivity index (χ4n) is 3.59. The SMILES string of the molecule is Cc1ccc(S(=O)(=O)N2CCN(C(=O)c3ccc(Cn4cncn4)cc3)CC2)cc1C. The van der Waals surface area contributed by atoms with Crippen molar-refractivity contribution in [3.63, 3.8) is 0 Å². The smallest absolute Gasteiger partial charge is 0.253 e. The number of hydrogen-bond donors (Lipinski definition) is 0. The van der Waals surface area contributed by atoms with Crippen LogP contribution in [-0.2, 0) is 16.6 Å². The number of aryl methyl sites for hydroxylation is 2. The second kappa shape index (κ2) is 8.60. The lowest BCUT2D eigenvalue weighted by Crippen LogP contribution is -2.50. The average molecular weight is 440 g/mol. The highest BCUT2D eigenvalue weighted by Crippen LogP contribution is 2.21. The third-order valence-electron chi connectivity index (χ3n) is 5.65. The van der Waals surface area contributed by atoms with Gasteiger partial charge in [-0.3, -0.25) is 4.79 Å². The lowest BCUT2D eigenvalue weighted by Gasteiger charge is -2.34. The summed E-state index contributed by atoms with van der Waals surface area (Å²) in [4.78, 5) is 18.8. The van der Waals surface area contributed by atoms with E-state index in [0.717, 1.165) is 16.7 Å². The van der Waals surface area contributed by atoms with Gasteiger partial charge in [0.05, 0.1) is 11.4 Å². The Morgan fingerprint density at radius 2 is 1.68 bits per heavy atom. The van der Waals surface area contributed by atoms with Crippen LogP contribution in [0.2, 0.25) is 0 Å². The molecule has 1 aliphatic rings. The Balaban J connectivity index is 1.39. The molecule has 1 amide bonds. The van der Waals surface area contributed by atoms with E-state index in [1.807, 2.05) is 32.0 Å². The zero-order valence-corrected chi connectivity index (χ0v) is 18.4. The van der Waals surface area contributed by atoms with Crippen LogP contribution in [0.25, 0.3) is 0 Å². The number of aromatic nitrogens is 3. The number of hydrogen-bond acceptors (Lipinski definition) is 5. The molecule has 9 heteroatoms. The number of nitrogens with zero attached hydrogens (tertiary/aromatic N) is 5. The zero-order valence-electron chi connectivity index (χ0n) is 17.6. The normalized spacial score (nSPS) is 15.2. The summed E-state index contributed by atoms with van der Waals surface area (Å²) in [6.07, 6.45) is 3.13. The molecule has 162 valence electrons. The van der Waals surface area contributed by atoms with Crippen LogP contribution in [-0.4, -0.2) is 64.5 Å². The largest absolute Gasteiger partial charge is 0.336 e. The number of rotatable bonds is 5. The fourth-order valence-corrected chi connectivity index (χ4v) is 5.10. The average Bonchev–Trinajstić information content (AvgIpc) is 3.29. The first-order valence-electron chi connectivity index (χ1n) is 10.1. The molecule has 2 heterocycles. The highest BCUT2D eigenvalue weighted by molar-refractivity contribution is 7.89. The number of carbonyl (C=O) groups is 1. The van der Waals surface area contributed by atoms with Crippen molar-refractivity contribution in [3.05, 3.63) is 77.4 Å². The van der Waals surface area contributed by atoms with Crippen molar-refractivity contribution in [1.29, 1.82) is 0 Å². The van der Waals surface area contributed by atoms with Crippen LogP contribution >= 0.6 is 0 Å². The number of benzene rings is 2. The zero-order chi connectivity index (χ0) is 22.0. The van der Waals surface area contributed by atoms with Crippen LogP contribution in [0.1, 0.15) is 27.0 Å². The molecule has 8 nitrogen and oxygen atoms in total. The maximum atomic E-state index is 13.0. The molecule has 1 aliphatic heterocycles. The molecule has 2 aromatic carbocycles. The van der Waals surface area contributed by atoms with Crippen molar-refractivity contribution < 1.29 is 13.2 Å². The summed E-state index contributed by atoms with van der Waals surface area (Å²) in [7, 11) is -3.56. The molecule has 1 saturated heterocycles. The van der Waals surface area contributed by atoms with Gasteiger partial charge in [0, 0.05) is 31.7 Å². The third-order valence-corrected chi connectivity index (χ3v) is 7.55. The Kier molecular flexibility index (Phi) is 5.88. The summed E-state index contributed by atoms with van der Waals surface area (Å²) in [5.74, 6) is -0.0875. The van der Waals surface area contributed by atoms with E-state index in [2.05, 4.69) is 10.1 Å². The molecule has 0 spiro atoms. The van der Waals surface area contributed by atoms with Crippen molar-refractivity contribution >= 4 is 15.9 Å². The van der Waals surface area contributed by atoms with E-state index in [1.54, 1.807) is 40.2 Å². The van der Waals surface area contributed by atoms with Gasteiger partial charge in [-0.2, -0.15) is 9.40 Å². The fraction of sp³-hybridized carbons (Fsp3) is 0.318. The van der Waals surface area contributed by atoms with E-state index in [0.29, 0.717) is 30.1 Å². The van der Waals surface area contributed by atoms with Gasteiger partial charge >= 0.3 is 0 Å². The van der Waals surface area contributed by atoms with Gasteiger partial charge in [-0.1, -0.05) is 18.2 Å². The van der Waals surface area contributed by atoms with Gasteiger partial charge < -0.3 is 4.90 Å². The molecule has 0 unspecified atom stereocenters. The van der Waals surface area contributed by atoms with Crippen LogP contribution in [0, 0.1) is 13.8 Å². The van der Waals surface area contributed by atoms with Crippen LogP contribution in [0.3, 0.4) is 0 Å². The molecule has 0 radical (unpaired) electrons. The Bertz CT molecular complexity index is 1170. The summed E-state index contributed by atoms with van der Waals surface area (Å²) < 4.78 is 29.1. The van der Waals surface area contributed by atoms with Gasteiger partial charge in [0.25, 0.3) is 5.91 Å². The van der Waals surface area contributed by atoms with Crippen molar-refractivity contribution in [1.82, 2.24) is 24.0 Å². The first-order chi connectivity index (χ1) is 14.8. The quantitative estimate of drug-likeness (QED) is 0.607. The summed E-state index contributed by atoms with van der Waals surface area (Å²) in [6, 6.07) is 12.6. The van der Waals surface area contributed by atoms with Crippen LogP contribution in [0.4, 0.5) is 0 Å². The molecule has 4 rings (SSSR count). The van der Waals surface area contributed by atoms with Gasteiger partial charge in [0.15, 0.2) is 0 Å². The highest BCUT2D eigenvalue weighted by atomic mass is 32.2. The monoisotopic (exact) mass is 439 g/mol. The van der Waals surface area contributed by atoms with Crippen LogP contribution in [0.15, 0.2) is 60.0 Å². The first kappa shape index (κ1) is 21.2. The standard InChI is InChI=1S/C22H25N5O3S/c1-17-3-8-21(13-18(17)2)31(29,30)27-11-9-25(10-12-27)22(28)20-6-4-19(5-7-20)14-26-16-23-15-24-26/h3-8,13,15-16H,9-12,14H2,1-2H3. The van der Waals surface area contributed by atoms with E-state index >= 15 is 0 Å². The van der Waals surface area contributed by atoms with Crippen molar-refractivity contribution in [3.8, 4) is 0 Å². The van der Waals surface area contributed by atoms with Crippen LogP contribution < -0.4 is 0 Å². The van der Waals surface area contributed by atoms with Crippen LogP contribution in [0.5, 0.6) is 0 Å². The second-order valence-corrected chi connectivity index (χ2v) is 9.67. The maximum absolute atomic E-state index is 13.0. The summed E-state index contributed by atoms with van der Waals surface area (Å²) >= 11 is 0. The second-order valence-electron chi connectivity index (χ2n) is 7.73. The van der Waals surface area contributed by atoms with E-state index < -0.39 is 10.0 Å². The topological polar surface area (TPSA) is 88.4 Å². The lowest BCUT2D eigenvalue weighted by molar-refractivity contribution is 0.0698. The molecule has 0 N–H and O–H groups in total. The Morgan fingerprint density at radius 1 is 0.968 bits per heavy atom. The summed E-state index contributed by atoms with van der Waals surface area (Å²) in [5.41, 5.74) is 3.61. The molecule has 0 atom stereocenters. The maximum Gasteiger partial charge on any atom is 0.253 e. The van der Waals surface area contributed by atoms with E-state index in [-0.39, 0.29) is 19.0 Å². The van der Waals surface area contributed by atoms with Gasteiger partial charge in [-0.05, 0) is 54.8 Å². The molecule has 3 aromatic rings. The molecule has 1 fully saturated rings. The first-order valence-corrected chi connectivity index (χ1v) is 11.6. The predicted octanol–water partition coefficient (Wildman–Crippen LogP) is 2.09. The lowest BCUT2D eigenvalue weighted by atomic mass is 10.1. The highest BCUT2D eigenvalue weighted by Gasteiger charge is 2.30. The van der Waals surface area contributed by atoms with Gasteiger partial charge in [-0.15, -0.1) is 0 Å². The Labute approximate surface area is 182 Å². The molecule has 0 aliphatic carbocycles. The van der Waals surface area contributed by atoms with E-state index in [9.17, 15) is 13.2 Å². The minimum Gasteiger partial charge on any atom is -0.336 e. The van der Waals surface area contributed by atoms with Crippen molar-refractivity contribution in [2.45, 2.75) is 25.3 Å². The molecule has 0 saturated carbocycles. The summed E-state index contributed by atoms with van der Waals surface area (Å²) in [6.45, 7) is 5.74. The third kappa shape index (κ3) is 4.52. The Morgan fingerprint density at radius 3 is 2.29 bits per heavy atom. The minimum absolute atomic E-state index is 0.0875. The number of carbonyl (C=O) groups excluding carboxylic acids is 1. The van der Waals surface area contributed by atoms with Gasteiger partial charge in [0.2, 0.25) is 10.0 Å². The molecule has 1 aromatic heterocycles.